The maximum Gasteiger partial charge on any atom is 0.315 e. The number of thiophene rings is 1. The number of aliphatic hydroxyl groups is 1. The molecular weight excluding hydrogens is 284 g/mol. The lowest BCUT2D eigenvalue weighted by molar-refractivity contribution is 0.232. The van der Waals surface area contributed by atoms with Crippen molar-refractivity contribution in [2.75, 3.05) is 6.61 Å². The predicted molar refractivity (Wildman–Crippen MR) is 85.1 cm³/mol. The van der Waals surface area contributed by atoms with Crippen molar-refractivity contribution in [3.63, 3.8) is 0 Å². The highest BCUT2D eigenvalue weighted by molar-refractivity contribution is 7.12. The van der Waals surface area contributed by atoms with Gasteiger partial charge in [-0.25, -0.2) is 4.79 Å². The maximum atomic E-state index is 11.8. The van der Waals surface area contributed by atoms with Crippen molar-refractivity contribution in [1.82, 2.24) is 10.6 Å². The van der Waals surface area contributed by atoms with Crippen molar-refractivity contribution in [3.8, 4) is 11.8 Å². The average Bonchev–Trinajstić information content (AvgIpc) is 2.94. The summed E-state index contributed by atoms with van der Waals surface area (Å²) in [6, 6.07) is 4.18. The van der Waals surface area contributed by atoms with Gasteiger partial charge >= 0.3 is 6.03 Å². The number of carbonyl (C=O) groups excluding carboxylic acids is 1. The van der Waals surface area contributed by atoms with Crippen LogP contribution in [-0.2, 0) is 6.54 Å². The quantitative estimate of drug-likeness (QED) is 0.749. The third kappa shape index (κ3) is 5.78. The second kappa shape index (κ2) is 8.71. The molecule has 0 unspecified atom stereocenters. The predicted octanol–water partition coefficient (Wildman–Crippen LogP) is 2.61. The maximum absolute atomic E-state index is 11.8. The smallest absolute Gasteiger partial charge is 0.315 e. The van der Waals surface area contributed by atoms with Crippen molar-refractivity contribution in [2.24, 2.45) is 0 Å². The van der Waals surface area contributed by atoms with E-state index in [0.29, 0.717) is 19.0 Å². The van der Waals surface area contributed by atoms with Gasteiger partial charge in [-0.3, -0.25) is 0 Å². The van der Waals surface area contributed by atoms with E-state index in [1.807, 2.05) is 12.1 Å². The average molecular weight is 306 g/mol. The fraction of sp³-hybridized carbons (Fsp3) is 0.562. The molecule has 0 atom stereocenters. The SMILES string of the molecule is O=C(NCc1ccc(C#CCCO)s1)NC1CCCCC1. The van der Waals surface area contributed by atoms with Crippen LogP contribution in [0.5, 0.6) is 0 Å². The molecule has 114 valence electrons. The summed E-state index contributed by atoms with van der Waals surface area (Å²) >= 11 is 1.57. The van der Waals surface area contributed by atoms with E-state index in [4.69, 9.17) is 5.11 Å². The first-order chi connectivity index (χ1) is 10.3. The Morgan fingerprint density at radius 1 is 1.33 bits per heavy atom. The summed E-state index contributed by atoms with van der Waals surface area (Å²) in [6.45, 7) is 0.624. The Labute approximate surface area is 129 Å². The first-order valence-corrected chi connectivity index (χ1v) is 8.32. The van der Waals surface area contributed by atoms with Gasteiger partial charge in [-0.15, -0.1) is 11.3 Å². The molecule has 1 aromatic rings. The monoisotopic (exact) mass is 306 g/mol. The van der Waals surface area contributed by atoms with Crippen LogP contribution in [0.1, 0.15) is 48.3 Å². The molecule has 5 heteroatoms. The van der Waals surface area contributed by atoms with Crippen LogP contribution in [0.2, 0.25) is 0 Å². The number of amides is 2. The molecule has 3 N–H and O–H groups in total. The third-order valence-electron chi connectivity index (χ3n) is 3.47. The van der Waals surface area contributed by atoms with Crippen molar-refractivity contribution in [2.45, 2.75) is 51.1 Å². The lowest BCUT2D eigenvalue weighted by Crippen LogP contribution is -2.42. The highest BCUT2D eigenvalue weighted by Crippen LogP contribution is 2.17. The highest BCUT2D eigenvalue weighted by Gasteiger charge is 2.15. The van der Waals surface area contributed by atoms with E-state index in [1.165, 1.54) is 19.3 Å². The van der Waals surface area contributed by atoms with Gasteiger partial charge in [0, 0.05) is 17.3 Å². The summed E-state index contributed by atoms with van der Waals surface area (Å²) in [5.74, 6) is 5.89. The Morgan fingerprint density at radius 3 is 2.90 bits per heavy atom. The molecule has 4 nitrogen and oxygen atoms in total. The van der Waals surface area contributed by atoms with E-state index >= 15 is 0 Å². The number of rotatable bonds is 4. The van der Waals surface area contributed by atoms with E-state index in [9.17, 15) is 4.79 Å². The van der Waals surface area contributed by atoms with Crippen molar-refractivity contribution in [3.05, 3.63) is 21.9 Å². The van der Waals surface area contributed by atoms with E-state index < -0.39 is 0 Å². The second-order valence-corrected chi connectivity index (χ2v) is 6.37. The largest absolute Gasteiger partial charge is 0.395 e. The molecule has 1 heterocycles. The number of aliphatic hydroxyl groups excluding tert-OH is 1. The number of carbonyl (C=O) groups is 1. The molecular formula is C16H22N2O2S. The Kier molecular flexibility index (Phi) is 6.58. The number of hydrogen-bond acceptors (Lipinski definition) is 3. The molecule has 0 saturated heterocycles. The minimum Gasteiger partial charge on any atom is -0.395 e. The van der Waals surface area contributed by atoms with Gasteiger partial charge in [0.1, 0.15) is 0 Å². The summed E-state index contributed by atoms with van der Waals surface area (Å²) in [4.78, 5) is 13.9. The Morgan fingerprint density at radius 2 is 2.14 bits per heavy atom. The van der Waals surface area contributed by atoms with Crippen molar-refractivity contribution in [1.29, 1.82) is 0 Å². The second-order valence-electron chi connectivity index (χ2n) is 5.20. The van der Waals surface area contributed by atoms with Crippen LogP contribution >= 0.6 is 11.3 Å². The molecule has 1 saturated carbocycles. The lowest BCUT2D eigenvalue weighted by atomic mass is 9.96. The van der Waals surface area contributed by atoms with Crippen LogP contribution in [0.15, 0.2) is 12.1 Å². The highest BCUT2D eigenvalue weighted by atomic mass is 32.1. The minimum atomic E-state index is -0.0804. The molecule has 0 bridgehead atoms. The van der Waals surface area contributed by atoms with Gasteiger partial charge in [0.15, 0.2) is 0 Å². The van der Waals surface area contributed by atoms with Gasteiger partial charge in [0.25, 0.3) is 0 Å². The van der Waals surface area contributed by atoms with E-state index in [0.717, 1.165) is 22.6 Å². The van der Waals surface area contributed by atoms with Gasteiger partial charge in [-0.2, -0.15) is 0 Å². The van der Waals surface area contributed by atoms with Crippen LogP contribution in [0, 0.1) is 11.8 Å². The fourth-order valence-corrected chi connectivity index (χ4v) is 3.22. The molecule has 1 fully saturated rings. The Hall–Kier alpha value is -1.51. The van der Waals surface area contributed by atoms with Crippen LogP contribution < -0.4 is 10.6 Å². The van der Waals surface area contributed by atoms with Crippen LogP contribution in [0.25, 0.3) is 0 Å². The van der Waals surface area contributed by atoms with Gasteiger partial charge in [-0.1, -0.05) is 31.1 Å². The summed E-state index contributed by atoms with van der Waals surface area (Å²) in [6.07, 6.45) is 6.40. The van der Waals surface area contributed by atoms with Crippen LogP contribution in [-0.4, -0.2) is 23.8 Å². The number of urea groups is 1. The molecule has 2 rings (SSSR count). The molecule has 0 spiro atoms. The molecule has 1 aromatic heterocycles. The van der Waals surface area contributed by atoms with E-state index in [1.54, 1.807) is 11.3 Å². The summed E-state index contributed by atoms with van der Waals surface area (Å²) in [7, 11) is 0. The van der Waals surface area contributed by atoms with E-state index in [2.05, 4.69) is 22.5 Å². The standard InChI is InChI=1S/C16H22N2O2S/c19-11-5-4-8-14-9-10-15(21-14)12-17-16(20)18-13-6-2-1-3-7-13/h9-10,13,19H,1-3,5-7,11-12H2,(H2,17,18,20). The topological polar surface area (TPSA) is 61.4 Å². The Bertz CT molecular complexity index is 510. The zero-order chi connectivity index (χ0) is 14.9. The minimum absolute atomic E-state index is 0.0804. The molecule has 2 amide bonds. The summed E-state index contributed by atoms with van der Waals surface area (Å²) in [5, 5.41) is 14.6. The van der Waals surface area contributed by atoms with Gasteiger partial charge in [0.05, 0.1) is 18.0 Å². The third-order valence-corrected chi connectivity index (χ3v) is 4.47. The van der Waals surface area contributed by atoms with Gasteiger partial charge < -0.3 is 15.7 Å². The molecule has 1 aliphatic rings. The molecule has 21 heavy (non-hydrogen) atoms. The molecule has 1 aliphatic carbocycles. The van der Waals surface area contributed by atoms with Crippen molar-refractivity contribution < 1.29 is 9.90 Å². The first-order valence-electron chi connectivity index (χ1n) is 7.51. The van der Waals surface area contributed by atoms with Crippen LogP contribution in [0.3, 0.4) is 0 Å². The van der Waals surface area contributed by atoms with E-state index in [-0.39, 0.29) is 12.6 Å². The lowest BCUT2D eigenvalue weighted by Gasteiger charge is -2.22. The number of hydrogen-bond donors (Lipinski definition) is 3. The summed E-state index contributed by atoms with van der Waals surface area (Å²) < 4.78 is 0. The first kappa shape index (κ1) is 15.9. The van der Waals surface area contributed by atoms with Crippen LogP contribution in [0.4, 0.5) is 4.79 Å². The normalized spacial score (nSPS) is 15.1. The molecule has 0 aromatic carbocycles. The zero-order valence-electron chi connectivity index (χ0n) is 12.2. The summed E-state index contributed by atoms with van der Waals surface area (Å²) in [5.41, 5.74) is 0. The fourth-order valence-electron chi connectivity index (χ4n) is 2.40. The zero-order valence-corrected chi connectivity index (χ0v) is 13.0. The number of nitrogens with one attached hydrogen (secondary N) is 2. The molecule has 0 radical (unpaired) electrons. The van der Waals surface area contributed by atoms with Crippen molar-refractivity contribution >= 4 is 17.4 Å². The van der Waals surface area contributed by atoms with Gasteiger partial charge in [0.2, 0.25) is 0 Å². The Balaban J connectivity index is 1.72. The van der Waals surface area contributed by atoms with Gasteiger partial charge in [-0.05, 0) is 25.0 Å². The molecule has 0 aliphatic heterocycles.